The lowest BCUT2D eigenvalue weighted by molar-refractivity contribution is 0.0332. The van der Waals surface area contributed by atoms with Crippen molar-refractivity contribution in [3.8, 4) is 0 Å². The van der Waals surface area contributed by atoms with E-state index in [0.717, 1.165) is 24.9 Å². The number of benzene rings is 1. The zero-order chi connectivity index (χ0) is 15.1. The van der Waals surface area contributed by atoms with Crippen LogP contribution in [0, 0.1) is 11.7 Å². The molecule has 0 amide bonds. The van der Waals surface area contributed by atoms with E-state index in [9.17, 15) is 4.39 Å². The third kappa shape index (κ3) is 4.83. The van der Waals surface area contributed by atoms with Crippen LogP contribution >= 0.6 is 15.9 Å². The summed E-state index contributed by atoms with van der Waals surface area (Å²) >= 11 is 3.34. The normalized spacial score (nSPS) is 14.6. The standard InChI is InChI=1S/C16H25BrFNO/c1-5-9-19-14(16(20-4)11(2)3)10-12-7-6-8-13(18)15(12)17/h6-8,11,14,16,19H,5,9-10H2,1-4H3. The molecule has 0 aliphatic carbocycles. The van der Waals surface area contributed by atoms with Crippen LogP contribution < -0.4 is 5.32 Å². The molecule has 2 unspecified atom stereocenters. The zero-order valence-corrected chi connectivity index (χ0v) is 14.3. The fraction of sp³-hybridized carbons (Fsp3) is 0.625. The van der Waals surface area contributed by atoms with Crippen LogP contribution in [-0.2, 0) is 11.2 Å². The quantitative estimate of drug-likeness (QED) is 0.763. The fourth-order valence-electron chi connectivity index (χ4n) is 2.48. The maximum Gasteiger partial charge on any atom is 0.137 e. The Kier molecular flexibility index (Phi) is 7.70. The predicted octanol–water partition coefficient (Wildman–Crippen LogP) is 4.17. The average Bonchev–Trinajstić information content (AvgIpc) is 2.41. The molecule has 2 nitrogen and oxygen atoms in total. The topological polar surface area (TPSA) is 21.3 Å². The SMILES string of the molecule is CCCNC(Cc1cccc(F)c1Br)C(OC)C(C)C. The second-order valence-corrected chi connectivity index (χ2v) is 6.22. The van der Waals surface area contributed by atoms with Crippen molar-refractivity contribution in [3.05, 3.63) is 34.1 Å². The van der Waals surface area contributed by atoms with E-state index in [2.05, 4.69) is 42.0 Å². The van der Waals surface area contributed by atoms with Gasteiger partial charge in [0.2, 0.25) is 0 Å². The first-order valence-corrected chi connectivity index (χ1v) is 7.99. The van der Waals surface area contributed by atoms with Crippen LogP contribution in [0.15, 0.2) is 22.7 Å². The third-order valence-corrected chi connectivity index (χ3v) is 4.34. The van der Waals surface area contributed by atoms with Gasteiger partial charge in [0.05, 0.1) is 10.6 Å². The number of ether oxygens (including phenoxy) is 1. The molecule has 0 spiro atoms. The Labute approximate surface area is 130 Å². The summed E-state index contributed by atoms with van der Waals surface area (Å²) in [6.45, 7) is 7.37. The summed E-state index contributed by atoms with van der Waals surface area (Å²) in [7, 11) is 1.74. The van der Waals surface area contributed by atoms with E-state index in [0.29, 0.717) is 10.4 Å². The van der Waals surface area contributed by atoms with Crippen molar-refractivity contribution in [2.24, 2.45) is 5.92 Å². The number of methoxy groups -OCH3 is 1. The van der Waals surface area contributed by atoms with Gasteiger partial charge in [-0.05, 0) is 52.9 Å². The summed E-state index contributed by atoms with van der Waals surface area (Å²) in [5, 5.41) is 3.53. The van der Waals surface area contributed by atoms with E-state index in [-0.39, 0.29) is 18.0 Å². The van der Waals surface area contributed by atoms with Crippen molar-refractivity contribution in [2.45, 2.75) is 45.8 Å². The molecule has 0 saturated carbocycles. The molecule has 0 aliphatic heterocycles. The lowest BCUT2D eigenvalue weighted by Crippen LogP contribution is -2.45. The van der Waals surface area contributed by atoms with Gasteiger partial charge in [-0.3, -0.25) is 0 Å². The monoisotopic (exact) mass is 345 g/mol. The Hall–Kier alpha value is -0.450. The summed E-state index contributed by atoms with van der Waals surface area (Å²) in [5.41, 5.74) is 0.973. The fourth-order valence-corrected chi connectivity index (χ4v) is 2.90. The first-order chi connectivity index (χ1) is 9.51. The summed E-state index contributed by atoms with van der Waals surface area (Å²) in [4.78, 5) is 0. The van der Waals surface area contributed by atoms with E-state index in [4.69, 9.17) is 4.74 Å². The Balaban J connectivity index is 2.90. The maximum absolute atomic E-state index is 13.6. The van der Waals surface area contributed by atoms with Crippen LogP contribution in [0.4, 0.5) is 4.39 Å². The molecular formula is C16H25BrFNO. The van der Waals surface area contributed by atoms with Crippen LogP contribution in [0.5, 0.6) is 0 Å². The molecule has 0 radical (unpaired) electrons. The molecular weight excluding hydrogens is 321 g/mol. The Morgan fingerprint density at radius 3 is 2.60 bits per heavy atom. The van der Waals surface area contributed by atoms with E-state index in [1.54, 1.807) is 13.2 Å². The van der Waals surface area contributed by atoms with Crippen molar-refractivity contribution in [1.82, 2.24) is 5.32 Å². The summed E-state index contributed by atoms with van der Waals surface area (Å²) in [5.74, 6) is 0.192. The number of hydrogen-bond acceptors (Lipinski definition) is 2. The lowest BCUT2D eigenvalue weighted by atomic mass is 9.93. The molecule has 0 bridgehead atoms. The van der Waals surface area contributed by atoms with Crippen LogP contribution in [0.1, 0.15) is 32.8 Å². The van der Waals surface area contributed by atoms with Gasteiger partial charge in [-0.1, -0.05) is 32.9 Å². The molecule has 1 N–H and O–H groups in total. The van der Waals surface area contributed by atoms with Gasteiger partial charge in [0.25, 0.3) is 0 Å². The number of halogens is 2. The zero-order valence-electron chi connectivity index (χ0n) is 12.7. The highest BCUT2D eigenvalue weighted by atomic mass is 79.9. The molecule has 1 aromatic carbocycles. The number of rotatable bonds is 8. The van der Waals surface area contributed by atoms with E-state index < -0.39 is 0 Å². The van der Waals surface area contributed by atoms with Gasteiger partial charge in [0, 0.05) is 13.2 Å². The Bertz CT molecular complexity index is 411. The molecule has 0 aromatic heterocycles. The van der Waals surface area contributed by atoms with Crippen LogP contribution in [0.25, 0.3) is 0 Å². The highest BCUT2D eigenvalue weighted by Crippen LogP contribution is 2.24. The van der Waals surface area contributed by atoms with Crippen molar-refractivity contribution in [3.63, 3.8) is 0 Å². The highest BCUT2D eigenvalue weighted by Gasteiger charge is 2.25. The number of hydrogen-bond donors (Lipinski definition) is 1. The summed E-state index contributed by atoms with van der Waals surface area (Å²) in [6, 6.07) is 5.36. The van der Waals surface area contributed by atoms with Crippen LogP contribution in [-0.4, -0.2) is 25.8 Å². The molecule has 1 rings (SSSR count). The molecule has 0 heterocycles. The maximum atomic E-state index is 13.6. The minimum Gasteiger partial charge on any atom is -0.380 e. The van der Waals surface area contributed by atoms with Gasteiger partial charge in [0.15, 0.2) is 0 Å². The van der Waals surface area contributed by atoms with E-state index >= 15 is 0 Å². The van der Waals surface area contributed by atoms with Gasteiger partial charge >= 0.3 is 0 Å². The van der Waals surface area contributed by atoms with Gasteiger partial charge in [0.1, 0.15) is 5.82 Å². The minimum atomic E-state index is -0.213. The van der Waals surface area contributed by atoms with Gasteiger partial charge < -0.3 is 10.1 Å². The largest absolute Gasteiger partial charge is 0.380 e. The minimum absolute atomic E-state index is 0.108. The Morgan fingerprint density at radius 2 is 2.05 bits per heavy atom. The molecule has 4 heteroatoms. The molecule has 0 fully saturated rings. The second-order valence-electron chi connectivity index (χ2n) is 5.42. The van der Waals surface area contributed by atoms with Crippen molar-refractivity contribution < 1.29 is 9.13 Å². The molecule has 0 aliphatic rings. The smallest absolute Gasteiger partial charge is 0.137 e. The van der Waals surface area contributed by atoms with Gasteiger partial charge in [-0.15, -0.1) is 0 Å². The van der Waals surface area contributed by atoms with Gasteiger partial charge in [-0.2, -0.15) is 0 Å². The van der Waals surface area contributed by atoms with Crippen LogP contribution in [0.2, 0.25) is 0 Å². The average molecular weight is 346 g/mol. The first-order valence-electron chi connectivity index (χ1n) is 7.20. The summed E-state index contributed by atoms with van der Waals surface area (Å²) in [6.07, 6.45) is 1.92. The second kappa shape index (κ2) is 8.75. The lowest BCUT2D eigenvalue weighted by Gasteiger charge is -2.30. The molecule has 0 saturated heterocycles. The number of nitrogens with one attached hydrogen (secondary N) is 1. The first kappa shape index (κ1) is 17.6. The van der Waals surface area contributed by atoms with Crippen molar-refractivity contribution >= 4 is 15.9 Å². The predicted molar refractivity (Wildman–Crippen MR) is 85.5 cm³/mol. The van der Waals surface area contributed by atoms with Crippen LogP contribution in [0.3, 0.4) is 0 Å². The Morgan fingerprint density at radius 1 is 1.35 bits per heavy atom. The molecule has 20 heavy (non-hydrogen) atoms. The highest BCUT2D eigenvalue weighted by molar-refractivity contribution is 9.10. The molecule has 2 atom stereocenters. The van der Waals surface area contributed by atoms with E-state index in [1.165, 1.54) is 6.07 Å². The van der Waals surface area contributed by atoms with Gasteiger partial charge in [-0.25, -0.2) is 4.39 Å². The third-order valence-electron chi connectivity index (χ3n) is 3.45. The van der Waals surface area contributed by atoms with Crippen molar-refractivity contribution in [2.75, 3.05) is 13.7 Å². The van der Waals surface area contributed by atoms with Crippen molar-refractivity contribution in [1.29, 1.82) is 0 Å². The summed E-state index contributed by atoms with van der Waals surface area (Å²) < 4.78 is 19.8. The van der Waals surface area contributed by atoms with E-state index in [1.807, 2.05) is 6.07 Å². The molecule has 114 valence electrons. The molecule has 1 aromatic rings.